The fourth-order valence-electron chi connectivity index (χ4n) is 2.51. The van der Waals surface area contributed by atoms with Gasteiger partial charge in [-0.05, 0) is 32.1 Å². The molecule has 4 heteroatoms. The first-order valence-electron chi connectivity index (χ1n) is 6.67. The number of amidine groups is 1. The minimum Gasteiger partial charge on any atom is -0.388 e. The first-order chi connectivity index (χ1) is 8.10. The van der Waals surface area contributed by atoms with Gasteiger partial charge in [-0.3, -0.25) is 10.3 Å². The zero-order valence-electron chi connectivity index (χ0n) is 11.4. The van der Waals surface area contributed by atoms with Crippen molar-refractivity contribution >= 4 is 5.84 Å². The number of rotatable bonds is 9. The van der Waals surface area contributed by atoms with E-state index < -0.39 is 0 Å². The molecular formula is C13H27N3O. The average Bonchev–Trinajstić information content (AvgIpc) is 3.10. The Morgan fingerprint density at radius 3 is 2.59 bits per heavy atom. The van der Waals surface area contributed by atoms with Gasteiger partial charge in [0.15, 0.2) is 0 Å². The molecule has 1 aliphatic rings. The van der Waals surface area contributed by atoms with Gasteiger partial charge in [-0.25, -0.2) is 0 Å². The van der Waals surface area contributed by atoms with E-state index in [4.69, 9.17) is 15.9 Å². The van der Waals surface area contributed by atoms with E-state index in [2.05, 4.69) is 18.7 Å². The predicted octanol–water partition coefficient (Wildman–Crippen LogP) is 1.84. The van der Waals surface area contributed by atoms with Crippen molar-refractivity contribution in [2.75, 3.05) is 20.3 Å². The fraction of sp³-hybridized carbons (Fsp3) is 0.923. The summed E-state index contributed by atoms with van der Waals surface area (Å²) in [6.07, 6.45) is 4.42. The Labute approximate surface area is 105 Å². The van der Waals surface area contributed by atoms with Crippen LogP contribution in [-0.2, 0) is 4.74 Å². The molecule has 3 N–H and O–H groups in total. The molecule has 0 radical (unpaired) electrons. The lowest BCUT2D eigenvalue weighted by Gasteiger charge is -2.36. The Morgan fingerprint density at radius 2 is 2.18 bits per heavy atom. The van der Waals surface area contributed by atoms with Crippen LogP contribution in [0.15, 0.2) is 0 Å². The maximum absolute atomic E-state index is 7.48. The van der Waals surface area contributed by atoms with Crippen molar-refractivity contribution in [1.29, 1.82) is 5.41 Å². The molecule has 0 heterocycles. The third kappa shape index (κ3) is 4.64. The van der Waals surface area contributed by atoms with Crippen LogP contribution in [0.2, 0.25) is 0 Å². The van der Waals surface area contributed by atoms with Crippen LogP contribution < -0.4 is 5.73 Å². The number of hydrogen-bond donors (Lipinski definition) is 2. The van der Waals surface area contributed by atoms with E-state index in [0.717, 1.165) is 25.5 Å². The van der Waals surface area contributed by atoms with Gasteiger partial charge in [0.25, 0.3) is 0 Å². The molecule has 4 nitrogen and oxygen atoms in total. The molecule has 1 aliphatic carbocycles. The van der Waals surface area contributed by atoms with E-state index in [-0.39, 0.29) is 0 Å². The monoisotopic (exact) mass is 241 g/mol. The van der Waals surface area contributed by atoms with Crippen LogP contribution in [0.4, 0.5) is 0 Å². The molecule has 0 aromatic rings. The molecule has 1 fully saturated rings. The van der Waals surface area contributed by atoms with Crippen LogP contribution in [0, 0.1) is 11.3 Å². The Bertz CT molecular complexity index is 241. The van der Waals surface area contributed by atoms with Crippen LogP contribution in [-0.4, -0.2) is 43.1 Å². The summed E-state index contributed by atoms with van der Waals surface area (Å²) in [5, 5.41) is 7.48. The van der Waals surface area contributed by atoms with E-state index in [1.807, 2.05) is 0 Å². The van der Waals surface area contributed by atoms with Gasteiger partial charge in [-0.2, -0.15) is 0 Å². The summed E-state index contributed by atoms with van der Waals surface area (Å²) in [5.74, 6) is 1.13. The number of methoxy groups -OCH3 is 1. The molecular weight excluding hydrogens is 214 g/mol. The Hall–Kier alpha value is -0.610. The Morgan fingerprint density at radius 1 is 1.53 bits per heavy atom. The smallest absolute Gasteiger partial charge is 0.0921 e. The summed E-state index contributed by atoms with van der Waals surface area (Å²) in [6.45, 7) is 6.18. The molecule has 1 rings (SSSR count). The number of nitrogens with two attached hydrogens (primary N) is 1. The molecule has 1 saturated carbocycles. The summed E-state index contributed by atoms with van der Waals surface area (Å²) in [6, 6.07) is 0.979. The summed E-state index contributed by atoms with van der Waals surface area (Å²) >= 11 is 0. The molecule has 0 amide bonds. The van der Waals surface area contributed by atoms with E-state index in [9.17, 15) is 0 Å². The van der Waals surface area contributed by atoms with Crippen LogP contribution >= 0.6 is 0 Å². The van der Waals surface area contributed by atoms with Crippen molar-refractivity contribution in [2.45, 2.75) is 51.6 Å². The topological polar surface area (TPSA) is 62.3 Å². The SMILES string of the molecule is CCC(CC(=N)N)N(CCOC)C(C)C1CC1. The molecule has 0 aliphatic heterocycles. The predicted molar refractivity (Wildman–Crippen MR) is 71.4 cm³/mol. The lowest BCUT2D eigenvalue weighted by Crippen LogP contribution is -2.46. The largest absolute Gasteiger partial charge is 0.388 e. The van der Waals surface area contributed by atoms with Crippen molar-refractivity contribution < 1.29 is 4.74 Å². The quantitative estimate of drug-likeness (QED) is 0.478. The maximum Gasteiger partial charge on any atom is 0.0921 e. The highest BCUT2D eigenvalue weighted by Crippen LogP contribution is 2.36. The molecule has 0 saturated heterocycles. The normalized spacial score (nSPS) is 19.3. The number of nitrogens with one attached hydrogen (secondary N) is 1. The lowest BCUT2D eigenvalue weighted by molar-refractivity contribution is 0.0814. The van der Waals surface area contributed by atoms with Crippen molar-refractivity contribution in [3.8, 4) is 0 Å². The zero-order chi connectivity index (χ0) is 12.8. The van der Waals surface area contributed by atoms with Gasteiger partial charge in [0.2, 0.25) is 0 Å². The zero-order valence-corrected chi connectivity index (χ0v) is 11.4. The molecule has 0 spiro atoms. The highest BCUT2D eigenvalue weighted by atomic mass is 16.5. The van der Waals surface area contributed by atoms with Gasteiger partial charge in [0.1, 0.15) is 0 Å². The molecule has 100 valence electrons. The molecule has 0 aromatic carbocycles. The Kier molecular flexibility index (Phi) is 5.92. The van der Waals surface area contributed by atoms with Gasteiger partial charge >= 0.3 is 0 Å². The van der Waals surface area contributed by atoms with Gasteiger partial charge in [-0.15, -0.1) is 0 Å². The molecule has 17 heavy (non-hydrogen) atoms. The summed E-state index contributed by atoms with van der Waals surface area (Å²) in [5.41, 5.74) is 5.55. The van der Waals surface area contributed by atoms with Crippen LogP contribution in [0.5, 0.6) is 0 Å². The highest BCUT2D eigenvalue weighted by Gasteiger charge is 2.34. The molecule has 2 atom stereocenters. The highest BCUT2D eigenvalue weighted by molar-refractivity contribution is 5.77. The second-order valence-electron chi connectivity index (χ2n) is 5.10. The average molecular weight is 241 g/mol. The molecule has 0 aromatic heterocycles. The Balaban J connectivity index is 2.59. The molecule has 0 bridgehead atoms. The van der Waals surface area contributed by atoms with E-state index in [0.29, 0.717) is 24.3 Å². The van der Waals surface area contributed by atoms with Crippen LogP contribution in [0.25, 0.3) is 0 Å². The first-order valence-corrected chi connectivity index (χ1v) is 6.67. The summed E-state index contributed by atoms with van der Waals surface area (Å²) < 4.78 is 5.20. The maximum atomic E-state index is 7.48. The minimum absolute atomic E-state index is 0.294. The second-order valence-corrected chi connectivity index (χ2v) is 5.10. The van der Waals surface area contributed by atoms with Gasteiger partial charge in [0.05, 0.1) is 12.4 Å². The standard InChI is InChI=1S/C13H27N3O/c1-4-12(9-13(14)15)16(7-8-17-3)10(2)11-5-6-11/h10-12H,4-9H2,1-3H3,(H3,14,15). The van der Waals surface area contributed by atoms with Gasteiger partial charge < -0.3 is 10.5 Å². The van der Waals surface area contributed by atoms with Crippen LogP contribution in [0.1, 0.15) is 39.5 Å². The minimum atomic E-state index is 0.294. The van der Waals surface area contributed by atoms with Crippen molar-refractivity contribution in [2.24, 2.45) is 11.7 Å². The van der Waals surface area contributed by atoms with E-state index in [1.54, 1.807) is 7.11 Å². The number of hydrogen-bond acceptors (Lipinski definition) is 3. The van der Waals surface area contributed by atoms with Crippen molar-refractivity contribution in [3.05, 3.63) is 0 Å². The number of ether oxygens (including phenoxy) is 1. The van der Waals surface area contributed by atoms with Gasteiger partial charge in [0, 0.05) is 32.2 Å². The molecule has 2 unspecified atom stereocenters. The third-order valence-electron chi connectivity index (χ3n) is 3.78. The van der Waals surface area contributed by atoms with Crippen molar-refractivity contribution in [1.82, 2.24) is 4.90 Å². The third-order valence-corrected chi connectivity index (χ3v) is 3.78. The van der Waals surface area contributed by atoms with E-state index >= 15 is 0 Å². The number of nitrogens with zero attached hydrogens (tertiary/aromatic N) is 1. The van der Waals surface area contributed by atoms with Gasteiger partial charge in [-0.1, -0.05) is 6.92 Å². The lowest BCUT2D eigenvalue weighted by atomic mass is 10.0. The first kappa shape index (κ1) is 14.5. The van der Waals surface area contributed by atoms with Crippen molar-refractivity contribution in [3.63, 3.8) is 0 Å². The summed E-state index contributed by atoms with van der Waals surface area (Å²) in [7, 11) is 1.74. The summed E-state index contributed by atoms with van der Waals surface area (Å²) in [4.78, 5) is 2.49. The fourth-order valence-corrected chi connectivity index (χ4v) is 2.51. The van der Waals surface area contributed by atoms with Crippen LogP contribution in [0.3, 0.4) is 0 Å². The second kappa shape index (κ2) is 6.97. The van der Waals surface area contributed by atoms with E-state index in [1.165, 1.54) is 12.8 Å².